The highest BCUT2D eigenvalue weighted by molar-refractivity contribution is 7.80. The molecule has 0 spiro atoms. The maximum Gasteiger partial charge on any atom is 0.248 e. The Morgan fingerprint density at radius 2 is 2.22 bits per heavy atom. The number of hydrogen-bond donors (Lipinski definition) is 1. The van der Waals surface area contributed by atoms with Crippen LogP contribution in [0.3, 0.4) is 0 Å². The molecule has 0 aromatic carbocycles. The van der Waals surface area contributed by atoms with Gasteiger partial charge in [-0.2, -0.15) is 4.73 Å². The number of rotatable bonds is 0. The molecule has 9 heavy (non-hydrogen) atoms. The first-order valence-electron chi connectivity index (χ1n) is 2.59. The SMILES string of the molecule is Cc1ccc(S)[n+]([O-])c1. The van der Waals surface area contributed by atoms with Crippen molar-refractivity contribution in [3.8, 4) is 0 Å². The molecule has 1 aromatic heterocycles. The van der Waals surface area contributed by atoms with Crippen molar-refractivity contribution in [2.24, 2.45) is 0 Å². The van der Waals surface area contributed by atoms with E-state index in [2.05, 4.69) is 12.6 Å². The average Bonchev–Trinajstić information content (AvgIpc) is 1.80. The van der Waals surface area contributed by atoms with Crippen LogP contribution in [0.2, 0.25) is 0 Å². The number of aromatic nitrogens is 1. The molecule has 3 heteroatoms. The zero-order chi connectivity index (χ0) is 6.85. The Hall–Kier alpha value is -0.700. The monoisotopic (exact) mass is 141 g/mol. The Bertz CT molecular complexity index is 224. The summed E-state index contributed by atoms with van der Waals surface area (Å²) in [5, 5.41) is 11.1. The van der Waals surface area contributed by atoms with Gasteiger partial charge in [0.25, 0.3) is 0 Å². The molecule has 1 rings (SSSR count). The fraction of sp³-hybridized carbons (Fsp3) is 0.167. The summed E-state index contributed by atoms with van der Waals surface area (Å²) in [5.74, 6) is 0. The maximum absolute atomic E-state index is 10.7. The highest BCUT2D eigenvalue weighted by Gasteiger charge is 1.95. The minimum Gasteiger partial charge on any atom is -0.618 e. The van der Waals surface area contributed by atoms with Crippen LogP contribution in [-0.2, 0) is 0 Å². The molecule has 0 fully saturated rings. The molecule has 0 saturated heterocycles. The molecule has 1 heterocycles. The number of thiol groups is 1. The summed E-state index contributed by atoms with van der Waals surface area (Å²) < 4.78 is 0.735. The van der Waals surface area contributed by atoms with Crippen molar-refractivity contribution in [2.75, 3.05) is 0 Å². The summed E-state index contributed by atoms with van der Waals surface area (Å²) in [7, 11) is 0. The summed E-state index contributed by atoms with van der Waals surface area (Å²) >= 11 is 3.90. The molecule has 2 nitrogen and oxygen atoms in total. The van der Waals surface area contributed by atoms with Crippen LogP contribution in [0.5, 0.6) is 0 Å². The van der Waals surface area contributed by atoms with Crippen molar-refractivity contribution in [1.82, 2.24) is 0 Å². The van der Waals surface area contributed by atoms with Crippen LogP contribution >= 0.6 is 12.6 Å². The van der Waals surface area contributed by atoms with Gasteiger partial charge in [0.05, 0.1) is 0 Å². The van der Waals surface area contributed by atoms with Crippen molar-refractivity contribution in [3.05, 3.63) is 29.1 Å². The van der Waals surface area contributed by atoms with Gasteiger partial charge in [-0.3, -0.25) is 0 Å². The second-order valence-electron chi connectivity index (χ2n) is 1.89. The van der Waals surface area contributed by atoms with E-state index >= 15 is 0 Å². The molecule has 1 aromatic rings. The summed E-state index contributed by atoms with van der Waals surface area (Å²) in [5.41, 5.74) is 0.947. The quantitative estimate of drug-likeness (QED) is 0.324. The van der Waals surface area contributed by atoms with Gasteiger partial charge in [-0.1, -0.05) is 12.6 Å². The van der Waals surface area contributed by atoms with Gasteiger partial charge in [0.15, 0.2) is 6.20 Å². The van der Waals surface area contributed by atoms with E-state index in [4.69, 9.17) is 0 Å². The molecule has 0 N–H and O–H groups in total. The molecule has 0 unspecified atom stereocenters. The number of aryl methyl sites for hydroxylation is 1. The van der Waals surface area contributed by atoms with E-state index in [1.807, 2.05) is 13.0 Å². The maximum atomic E-state index is 10.7. The summed E-state index contributed by atoms with van der Waals surface area (Å²) in [4.78, 5) is 0. The van der Waals surface area contributed by atoms with E-state index in [0.717, 1.165) is 10.3 Å². The molecule has 48 valence electrons. The van der Waals surface area contributed by atoms with Gasteiger partial charge in [0.1, 0.15) is 0 Å². The fourth-order valence-corrected chi connectivity index (χ4v) is 0.706. The van der Waals surface area contributed by atoms with Crippen LogP contribution in [0.15, 0.2) is 23.4 Å². The molecular formula is C6H7NOS. The van der Waals surface area contributed by atoms with Gasteiger partial charge in [-0.05, 0) is 13.0 Å². The van der Waals surface area contributed by atoms with Crippen molar-refractivity contribution in [2.45, 2.75) is 11.9 Å². The second kappa shape index (κ2) is 2.27. The third-order valence-electron chi connectivity index (χ3n) is 1.04. The van der Waals surface area contributed by atoms with Crippen LogP contribution in [0.25, 0.3) is 0 Å². The number of nitrogens with zero attached hydrogens (tertiary/aromatic N) is 1. The first-order chi connectivity index (χ1) is 4.20. The Balaban J connectivity index is 3.17. The minimum absolute atomic E-state index is 0.431. The van der Waals surface area contributed by atoms with Crippen molar-refractivity contribution >= 4 is 12.6 Å². The molecule has 0 aliphatic carbocycles. The lowest BCUT2D eigenvalue weighted by Gasteiger charge is -1.97. The van der Waals surface area contributed by atoms with E-state index in [1.165, 1.54) is 6.20 Å². The lowest BCUT2D eigenvalue weighted by molar-refractivity contribution is -0.645. The molecule has 0 aliphatic heterocycles. The smallest absolute Gasteiger partial charge is 0.248 e. The highest BCUT2D eigenvalue weighted by Crippen LogP contribution is 1.98. The van der Waals surface area contributed by atoms with Crippen molar-refractivity contribution < 1.29 is 4.73 Å². The Labute approximate surface area is 59.1 Å². The zero-order valence-electron chi connectivity index (χ0n) is 5.03. The molecule has 0 bridgehead atoms. The molecule has 0 aliphatic rings. The largest absolute Gasteiger partial charge is 0.618 e. The Morgan fingerprint density at radius 1 is 1.56 bits per heavy atom. The third kappa shape index (κ3) is 1.36. The predicted molar refractivity (Wildman–Crippen MR) is 37.4 cm³/mol. The lowest BCUT2D eigenvalue weighted by atomic mass is 10.3. The van der Waals surface area contributed by atoms with E-state index in [-0.39, 0.29) is 0 Å². The van der Waals surface area contributed by atoms with Crippen LogP contribution in [0.1, 0.15) is 5.56 Å². The predicted octanol–water partition coefficient (Wildman–Crippen LogP) is 0.917. The highest BCUT2D eigenvalue weighted by atomic mass is 32.1. The zero-order valence-corrected chi connectivity index (χ0v) is 5.93. The van der Waals surface area contributed by atoms with Crippen molar-refractivity contribution in [3.63, 3.8) is 0 Å². The minimum atomic E-state index is 0.431. The standard InChI is InChI=1S/C6H7NOS/c1-5-2-3-6(9)7(8)4-5/h2-4,9H,1H3. The topological polar surface area (TPSA) is 26.9 Å². The third-order valence-corrected chi connectivity index (χ3v) is 1.39. The fourth-order valence-electron chi connectivity index (χ4n) is 0.574. The normalized spacial score (nSPS) is 9.56. The Morgan fingerprint density at radius 3 is 2.67 bits per heavy atom. The van der Waals surface area contributed by atoms with E-state index in [0.29, 0.717) is 5.03 Å². The summed E-state index contributed by atoms with van der Waals surface area (Å²) in [6.07, 6.45) is 1.49. The van der Waals surface area contributed by atoms with Gasteiger partial charge >= 0.3 is 0 Å². The second-order valence-corrected chi connectivity index (χ2v) is 2.35. The average molecular weight is 141 g/mol. The van der Waals surface area contributed by atoms with Gasteiger partial charge < -0.3 is 5.21 Å². The number of hydrogen-bond acceptors (Lipinski definition) is 2. The first-order valence-corrected chi connectivity index (χ1v) is 3.03. The summed E-state index contributed by atoms with van der Waals surface area (Å²) in [6, 6.07) is 3.52. The van der Waals surface area contributed by atoms with Crippen molar-refractivity contribution in [1.29, 1.82) is 0 Å². The van der Waals surface area contributed by atoms with E-state index in [9.17, 15) is 5.21 Å². The van der Waals surface area contributed by atoms with Crippen LogP contribution in [-0.4, -0.2) is 0 Å². The van der Waals surface area contributed by atoms with E-state index in [1.54, 1.807) is 6.07 Å². The summed E-state index contributed by atoms with van der Waals surface area (Å²) in [6.45, 7) is 1.86. The van der Waals surface area contributed by atoms with Gasteiger partial charge in [0, 0.05) is 11.6 Å². The van der Waals surface area contributed by atoms with Gasteiger partial charge in [-0.25, -0.2) is 0 Å². The molecule has 0 atom stereocenters. The van der Waals surface area contributed by atoms with Crippen LogP contribution in [0, 0.1) is 12.1 Å². The van der Waals surface area contributed by atoms with Gasteiger partial charge in [-0.15, -0.1) is 0 Å². The number of pyridine rings is 1. The van der Waals surface area contributed by atoms with Crippen LogP contribution < -0.4 is 4.73 Å². The molecular weight excluding hydrogens is 134 g/mol. The molecule has 0 saturated carbocycles. The molecule has 0 radical (unpaired) electrons. The van der Waals surface area contributed by atoms with Gasteiger partial charge in [0.2, 0.25) is 5.03 Å². The van der Waals surface area contributed by atoms with E-state index < -0.39 is 0 Å². The first kappa shape index (κ1) is 6.42. The lowest BCUT2D eigenvalue weighted by Crippen LogP contribution is -2.27. The molecule has 0 amide bonds. The Kier molecular flexibility index (Phi) is 1.62. The van der Waals surface area contributed by atoms with Crippen LogP contribution in [0.4, 0.5) is 0 Å².